The SMILES string of the molecule is O=C(NCC1CCCCC1)c1cn(C2CC2)cc(C(=O)N2CCc3ccccc3C2)c1=O. The van der Waals surface area contributed by atoms with Crippen molar-refractivity contribution in [3.63, 3.8) is 0 Å². The summed E-state index contributed by atoms with van der Waals surface area (Å²) in [6.07, 6.45) is 12.0. The molecule has 0 unspecified atom stereocenters. The molecular formula is C26H31N3O3. The van der Waals surface area contributed by atoms with Crippen molar-refractivity contribution < 1.29 is 9.59 Å². The highest BCUT2D eigenvalue weighted by atomic mass is 16.2. The van der Waals surface area contributed by atoms with E-state index >= 15 is 0 Å². The Hall–Kier alpha value is -2.89. The van der Waals surface area contributed by atoms with Crippen molar-refractivity contribution in [1.29, 1.82) is 0 Å². The van der Waals surface area contributed by atoms with Crippen LogP contribution in [0.1, 0.15) is 82.8 Å². The molecule has 2 amide bonds. The van der Waals surface area contributed by atoms with Gasteiger partial charge in [0.2, 0.25) is 5.43 Å². The Balaban J connectivity index is 1.38. The van der Waals surface area contributed by atoms with Crippen LogP contribution in [0.3, 0.4) is 0 Å². The normalized spacial score (nSPS) is 18.8. The molecule has 0 saturated heterocycles. The van der Waals surface area contributed by atoms with E-state index in [0.29, 0.717) is 25.6 Å². The zero-order chi connectivity index (χ0) is 22.1. The van der Waals surface area contributed by atoms with E-state index in [1.54, 1.807) is 17.3 Å². The molecule has 0 radical (unpaired) electrons. The Bertz CT molecular complexity index is 1080. The minimum atomic E-state index is -0.452. The Kier molecular flexibility index (Phi) is 5.85. The van der Waals surface area contributed by atoms with Crippen LogP contribution in [-0.2, 0) is 13.0 Å². The van der Waals surface area contributed by atoms with E-state index in [4.69, 9.17) is 0 Å². The summed E-state index contributed by atoms with van der Waals surface area (Å²) < 4.78 is 1.90. The molecule has 32 heavy (non-hydrogen) atoms. The third-order valence-electron chi connectivity index (χ3n) is 7.18. The Morgan fingerprint density at radius 1 is 0.938 bits per heavy atom. The fourth-order valence-corrected chi connectivity index (χ4v) is 5.06. The van der Waals surface area contributed by atoms with Crippen LogP contribution in [0, 0.1) is 5.92 Å². The Labute approximate surface area is 188 Å². The summed E-state index contributed by atoms with van der Waals surface area (Å²) in [5.74, 6) is -0.147. The number of fused-ring (bicyclic) bond motifs is 1. The topological polar surface area (TPSA) is 71.4 Å². The number of hydrogen-bond donors (Lipinski definition) is 1. The average Bonchev–Trinajstić information content (AvgIpc) is 3.68. The number of hydrogen-bond acceptors (Lipinski definition) is 3. The maximum Gasteiger partial charge on any atom is 0.259 e. The van der Waals surface area contributed by atoms with Gasteiger partial charge < -0.3 is 14.8 Å². The van der Waals surface area contributed by atoms with Crippen LogP contribution in [-0.4, -0.2) is 34.4 Å². The predicted molar refractivity (Wildman–Crippen MR) is 123 cm³/mol. The number of nitrogens with one attached hydrogen (secondary N) is 1. The zero-order valence-electron chi connectivity index (χ0n) is 18.5. The first kappa shape index (κ1) is 21.0. The summed E-state index contributed by atoms with van der Waals surface area (Å²) in [4.78, 5) is 41.4. The number of benzene rings is 1. The number of aromatic nitrogens is 1. The molecule has 2 saturated carbocycles. The molecule has 0 atom stereocenters. The molecule has 5 rings (SSSR count). The third kappa shape index (κ3) is 4.36. The van der Waals surface area contributed by atoms with Gasteiger partial charge in [0.15, 0.2) is 0 Å². The van der Waals surface area contributed by atoms with Gasteiger partial charge in [-0.25, -0.2) is 0 Å². The molecule has 0 spiro atoms. The van der Waals surface area contributed by atoms with E-state index in [1.165, 1.54) is 24.8 Å². The number of amides is 2. The summed E-state index contributed by atoms with van der Waals surface area (Å²) in [7, 11) is 0. The van der Waals surface area contributed by atoms with Gasteiger partial charge in [-0.2, -0.15) is 0 Å². The van der Waals surface area contributed by atoms with Gasteiger partial charge in [-0.15, -0.1) is 0 Å². The molecule has 2 fully saturated rings. The van der Waals surface area contributed by atoms with Crippen LogP contribution in [0.2, 0.25) is 0 Å². The molecule has 6 nitrogen and oxygen atoms in total. The number of pyridine rings is 1. The number of nitrogens with zero attached hydrogens (tertiary/aromatic N) is 2. The van der Waals surface area contributed by atoms with Crippen molar-refractivity contribution in [2.45, 2.75) is 64.0 Å². The quantitative estimate of drug-likeness (QED) is 0.782. The van der Waals surface area contributed by atoms with E-state index in [9.17, 15) is 14.4 Å². The molecule has 1 aliphatic heterocycles. The first-order valence-corrected chi connectivity index (χ1v) is 12.0. The Morgan fingerprint density at radius 3 is 2.41 bits per heavy atom. The zero-order valence-corrected chi connectivity index (χ0v) is 18.5. The van der Waals surface area contributed by atoms with E-state index in [2.05, 4.69) is 11.4 Å². The van der Waals surface area contributed by atoms with E-state index in [1.807, 2.05) is 22.8 Å². The Morgan fingerprint density at radius 2 is 1.66 bits per heavy atom. The summed E-state index contributed by atoms with van der Waals surface area (Å²) >= 11 is 0. The van der Waals surface area contributed by atoms with Gasteiger partial charge in [0, 0.05) is 38.1 Å². The van der Waals surface area contributed by atoms with Crippen molar-refractivity contribution >= 4 is 11.8 Å². The summed E-state index contributed by atoms with van der Waals surface area (Å²) in [5.41, 5.74) is 2.13. The molecule has 168 valence electrons. The summed E-state index contributed by atoms with van der Waals surface area (Å²) in [6.45, 7) is 1.68. The second-order valence-corrected chi connectivity index (χ2v) is 9.55. The maximum absolute atomic E-state index is 13.4. The van der Waals surface area contributed by atoms with Crippen molar-refractivity contribution in [2.75, 3.05) is 13.1 Å². The van der Waals surface area contributed by atoms with Gasteiger partial charge in [0.25, 0.3) is 11.8 Å². The lowest BCUT2D eigenvalue weighted by Crippen LogP contribution is -2.40. The third-order valence-corrected chi connectivity index (χ3v) is 7.18. The standard InChI is InChI=1S/C26H31N3O3/c30-24-22(25(31)27-14-18-6-2-1-3-7-18)16-29(21-10-11-21)17-23(24)26(32)28-13-12-19-8-4-5-9-20(19)15-28/h4-5,8-9,16-18,21H,1-3,6-7,10-15H2,(H,27,31). The van der Waals surface area contributed by atoms with Gasteiger partial charge in [-0.1, -0.05) is 43.5 Å². The molecule has 6 heteroatoms. The van der Waals surface area contributed by atoms with E-state index < -0.39 is 5.43 Å². The molecule has 1 aromatic heterocycles. The van der Waals surface area contributed by atoms with Gasteiger partial charge in [-0.3, -0.25) is 14.4 Å². The molecule has 2 heterocycles. The average molecular weight is 434 g/mol. The number of carbonyl (C=O) groups excluding carboxylic acids is 2. The van der Waals surface area contributed by atoms with Crippen molar-refractivity contribution in [1.82, 2.24) is 14.8 Å². The van der Waals surface area contributed by atoms with Gasteiger partial charge in [0.1, 0.15) is 11.1 Å². The van der Waals surface area contributed by atoms with Crippen LogP contribution < -0.4 is 10.7 Å². The highest BCUT2D eigenvalue weighted by Crippen LogP contribution is 2.34. The van der Waals surface area contributed by atoms with Gasteiger partial charge in [0.05, 0.1) is 0 Å². The number of rotatable bonds is 5. The lowest BCUT2D eigenvalue weighted by atomic mass is 9.89. The van der Waals surface area contributed by atoms with Gasteiger partial charge in [-0.05, 0) is 49.1 Å². The summed E-state index contributed by atoms with van der Waals surface area (Å²) in [5, 5.41) is 2.98. The molecular weight excluding hydrogens is 402 g/mol. The fourth-order valence-electron chi connectivity index (χ4n) is 5.06. The number of carbonyl (C=O) groups is 2. The molecule has 2 aliphatic carbocycles. The largest absolute Gasteiger partial charge is 0.352 e. The first-order chi connectivity index (χ1) is 15.6. The highest BCUT2D eigenvalue weighted by molar-refractivity contribution is 5.99. The fraction of sp³-hybridized carbons (Fsp3) is 0.500. The van der Waals surface area contributed by atoms with Gasteiger partial charge >= 0.3 is 0 Å². The maximum atomic E-state index is 13.4. The van der Waals surface area contributed by atoms with Crippen LogP contribution in [0.15, 0.2) is 41.5 Å². The van der Waals surface area contributed by atoms with E-state index in [-0.39, 0.29) is 29.0 Å². The lowest BCUT2D eigenvalue weighted by Gasteiger charge is -2.29. The lowest BCUT2D eigenvalue weighted by molar-refractivity contribution is 0.0732. The molecule has 2 aromatic rings. The monoisotopic (exact) mass is 433 g/mol. The molecule has 1 N–H and O–H groups in total. The van der Waals surface area contributed by atoms with Crippen LogP contribution in [0.25, 0.3) is 0 Å². The predicted octanol–water partition coefficient (Wildman–Crippen LogP) is 3.69. The minimum absolute atomic E-state index is 0.0935. The first-order valence-electron chi connectivity index (χ1n) is 12.0. The molecule has 1 aromatic carbocycles. The van der Waals surface area contributed by atoms with Crippen molar-refractivity contribution in [2.24, 2.45) is 5.92 Å². The van der Waals surface area contributed by atoms with Crippen LogP contribution >= 0.6 is 0 Å². The second-order valence-electron chi connectivity index (χ2n) is 9.55. The van der Waals surface area contributed by atoms with Crippen LogP contribution in [0.4, 0.5) is 0 Å². The summed E-state index contributed by atoms with van der Waals surface area (Å²) in [6, 6.07) is 8.39. The highest BCUT2D eigenvalue weighted by Gasteiger charge is 2.30. The molecule has 3 aliphatic rings. The minimum Gasteiger partial charge on any atom is -0.352 e. The smallest absolute Gasteiger partial charge is 0.259 e. The van der Waals surface area contributed by atoms with Crippen molar-refractivity contribution in [3.8, 4) is 0 Å². The van der Waals surface area contributed by atoms with Crippen LogP contribution in [0.5, 0.6) is 0 Å². The second kappa shape index (κ2) is 8.93. The van der Waals surface area contributed by atoms with E-state index in [0.717, 1.165) is 37.7 Å². The molecule has 0 bridgehead atoms. The van der Waals surface area contributed by atoms with Crippen molar-refractivity contribution in [3.05, 3.63) is 69.1 Å².